The molecule has 27 heavy (non-hydrogen) atoms. The summed E-state index contributed by atoms with van der Waals surface area (Å²) in [5.74, 6) is -0.0258. The van der Waals surface area contributed by atoms with E-state index in [1.54, 1.807) is 22.7 Å². The van der Waals surface area contributed by atoms with Crippen LogP contribution in [0.15, 0.2) is 83.6 Å². The van der Waals surface area contributed by atoms with E-state index in [0.717, 1.165) is 26.7 Å². The van der Waals surface area contributed by atoms with Crippen LogP contribution in [0, 0.1) is 0 Å². The second kappa shape index (κ2) is 8.29. The first kappa shape index (κ1) is 17.6. The van der Waals surface area contributed by atoms with Crippen LogP contribution >= 0.6 is 22.7 Å². The van der Waals surface area contributed by atoms with Gasteiger partial charge in [-0.3, -0.25) is 4.79 Å². The van der Waals surface area contributed by atoms with Crippen molar-refractivity contribution < 1.29 is 4.79 Å². The highest BCUT2D eigenvalue weighted by Crippen LogP contribution is 2.27. The maximum atomic E-state index is 12.7. The maximum Gasteiger partial charge on any atom is 0.226 e. The fourth-order valence-electron chi connectivity index (χ4n) is 2.90. The minimum absolute atomic E-state index is 0.0258. The van der Waals surface area contributed by atoms with Crippen LogP contribution in [0.1, 0.15) is 22.2 Å². The van der Waals surface area contributed by atoms with Gasteiger partial charge in [-0.1, -0.05) is 66.7 Å². The zero-order valence-corrected chi connectivity index (χ0v) is 16.2. The van der Waals surface area contributed by atoms with E-state index in [1.807, 2.05) is 77.5 Å². The summed E-state index contributed by atoms with van der Waals surface area (Å²) in [6, 6.07) is 24.0. The van der Waals surface area contributed by atoms with Gasteiger partial charge in [0.1, 0.15) is 5.01 Å². The number of amides is 1. The topological polar surface area (TPSA) is 42.0 Å². The number of thiophene rings is 1. The van der Waals surface area contributed by atoms with Crippen LogP contribution in [-0.2, 0) is 11.2 Å². The summed E-state index contributed by atoms with van der Waals surface area (Å²) in [4.78, 5) is 18.4. The molecule has 4 aromatic rings. The van der Waals surface area contributed by atoms with Crippen LogP contribution in [0.4, 0.5) is 0 Å². The first-order chi connectivity index (χ1) is 13.3. The van der Waals surface area contributed by atoms with E-state index in [2.05, 4.69) is 16.4 Å². The number of carbonyl (C=O) groups excluding carboxylic acids is 1. The first-order valence-corrected chi connectivity index (χ1v) is 10.4. The number of hydrogen-bond donors (Lipinski definition) is 1. The molecule has 1 atom stereocenters. The number of thiazole rings is 1. The van der Waals surface area contributed by atoms with Gasteiger partial charge in [-0.15, -0.1) is 22.7 Å². The fraction of sp³-hybridized carbons (Fsp3) is 0.0909. The van der Waals surface area contributed by atoms with E-state index in [4.69, 9.17) is 0 Å². The van der Waals surface area contributed by atoms with Crippen molar-refractivity contribution in [2.45, 2.75) is 12.5 Å². The van der Waals surface area contributed by atoms with E-state index < -0.39 is 0 Å². The Morgan fingerprint density at radius 3 is 2.37 bits per heavy atom. The Kier molecular flexibility index (Phi) is 5.42. The van der Waals surface area contributed by atoms with Crippen molar-refractivity contribution in [3.8, 4) is 10.6 Å². The van der Waals surface area contributed by atoms with Gasteiger partial charge < -0.3 is 5.32 Å². The van der Waals surface area contributed by atoms with Crippen molar-refractivity contribution in [1.82, 2.24) is 10.3 Å². The SMILES string of the molecule is O=C(Cc1csc(-c2ccccc2)n1)N[C@H](c1ccccc1)c1cccs1. The fourth-order valence-corrected chi connectivity index (χ4v) is 4.53. The lowest BCUT2D eigenvalue weighted by Crippen LogP contribution is -2.30. The molecule has 0 aliphatic heterocycles. The highest BCUT2D eigenvalue weighted by molar-refractivity contribution is 7.13. The van der Waals surface area contributed by atoms with Crippen molar-refractivity contribution in [3.05, 3.63) is 99.7 Å². The predicted molar refractivity (Wildman–Crippen MR) is 112 cm³/mol. The van der Waals surface area contributed by atoms with Gasteiger partial charge in [0.25, 0.3) is 0 Å². The van der Waals surface area contributed by atoms with Crippen LogP contribution in [0.2, 0.25) is 0 Å². The number of aromatic nitrogens is 1. The van der Waals surface area contributed by atoms with Gasteiger partial charge in [0.05, 0.1) is 18.2 Å². The molecule has 2 heterocycles. The third-order valence-corrected chi connectivity index (χ3v) is 6.06. The number of benzene rings is 2. The molecule has 0 bridgehead atoms. The van der Waals surface area contributed by atoms with Gasteiger partial charge in [-0.2, -0.15) is 0 Å². The standard InChI is InChI=1S/C22H18N2OS2/c25-20(14-18-15-27-22(23-18)17-10-5-2-6-11-17)24-21(19-12-7-13-26-19)16-8-3-1-4-9-16/h1-13,15,21H,14H2,(H,24,25)/t21-/m1/s1. The zero-order valence-electron chi connectivity index (χ0n) is 14.5. The molecule has 1 N–H and O–H groups in total. The molecule has 0 radical (unpaired) electrons. The van der Waals surface area contributed by atoms with Crippen LogP contribution in [0.5, 0.6) is 0 Å². The predicted octanol–water partition coefficient (Wildman–Crippen LogP) is 5.32. The molecule has 0 aliphatic rings. The summed E-state index contributed by atoms with van der Waals surface area (Å²) in [7, 11) is 0. The average Bonchev–Trinajstić information content (AvgIpc) is 3.40. The van der Waals surface area contributed by atoms with Crippen molar-refractivity contribution >= 4 is 28.6 Å². The molecule has 3 nitrogen and oxygen atoms in total. The van der Waals surface area contributed by atoms with Crippen molar-refractivity contribution in [2.75, 3.05) is 0 Å². The molecular weight excluding hydrogens is 372 g/mol. The number of nitrogens with one attached hydrogen (secondary N) is 1. The number of hydrogen-bond acceptors (Lipinski definition) is 4. The van der Waals surface area contributed by atoms with Crippen molar-refractivity contribution in [2.24, 2.45) is 0 Å². The molecule has 0 spiro atoms. The number of nitrogens with zero attached hydrogens (tertiary/aromatic N) is 1. The number of rotatable bonds is 6. The van der Waals surface area contributed by atoms with Gasteiger partial charge in [0.2, 0.25) is 5.91 Å². The van der Waals surface area contributed by atoms with E-state index in [1.165, 1.54) is 0 Å². The molecule has 1 amide bonds. The molecule has 0 fully saturated rings. The molecule has 4 rings (SSSR count). The Labute approximate surface area is 166 Å². The van der Waals surface area contributed by atoms with Gasteiger partial charge in [-0.25, -0.2) is 4.98 Å². The average molecular weight is 391 g/mol. The molecule has 134 valence electrons. The Balaban J connectivity index is 1.49. The lowest BCUT2D eigenvalue weighted by molar-refractivity contribution is -0.120. The highest BCUT2D eigenvalue weighted by atomic mass is 32.1. The van der Waals surface area contributed by atoms with Crippen molar-refractivity contribution in [1.29, 1.82) is 0 Å². The van der Waals surface area contributed by atoms with Gasteiger partial charge in [-0.05, 0) is 17.0 Å². The van der Waals surface area contributed by atoms with E-state index in [9.17, 15) is 4.79 Å². The lowest BCUT2D eigenvalue weighted by Gasteiger charge is -2.17. The van der Waals surface area contributed by atoms with E-state index in [-0.39, 0.29) is 18.4 Å². The van der Waals surface area contributed by atoms with Crippen LogP contribution < -0.4 is 5.32 Å². The smallest absolute Gasteiger partial charge is 0.226 e. The Morgan fingerprint density at radius 1 is 0.926 bits per heavy atom. The second-order valence-electron chi connectivity index (χ2n) is 6.11. The van der Waals surface area contributed by atoms with Crippen LogP contribution in [0.25, 0.3) is 10.6 Å². The molecule has 0 saturated carbocycles. The molecule has 0 unspecified atom stereocenters. The highest BCUT2D eigenvalue weighted by Gasteiger charge is 2.18. The normalized spacial score (nSPS) is 11.9. The summed E-state index contributed by atoms with van der Waals surface area (Å²) < 4.78 is 0. The largest absolute Gasteiger partial charge is 0.344 e. The van der Waals surface area contributed by atoms with Crippen LogP contribution in [0.3, 0.4) is 0 Å². The van der Waals surface area contributed by atoms with Crippen LogP contribution in [-0.4, -0.2) is 10.9 Å². The third-order valence-electron chi connectivity index (χ3n) is 4.18. The van der Waals surface area contributed by atoms with E-state index in [0.29, 0.717) is 0 Å². The third kappa shape index (κ3) is 4.32. The van der Waals surface area contributed by atoms with Gasteiger partial charge in [0.15, 0.2) is 0 Å². The minimum atomic E-state index is -0.133. The monoisotopic (exact) mass is 390 g/mol. The number of carbonyl (C=O) groups is 1. The Hall–Kier alpha value is -2.76. The molecule has 2 aromatic carbocycles. The Bertz CT molecular complexity index is 995. The summed E-state index contributed by atoms with van der Waals surface area (Å²) in [6.07, 6.45) is 0.276. The van der Waals surface area contributed by atoms with Gasteiger partial charge in [0, 0.05) is 15.8 Å². The molecular formula is C22H18N2OS2. The summed E-state index contributed by atoms with van der Waals surface area (Å²) in [5, 5.41) is 8.10. The molecule has 0 aliphatic carbocycles. The van der Waals surface area contributed by atoms with Gasteiger partial charge >= 0.3 is 0 Å². The Morgan fingerprint density at radius 2 is 1.67 bits per heavy atom. The summed E-state index contributed by atoms with van der Waals surface area (Å²) >= 11 is 3.22. The zero-order chi connectivity index (χ0) is 18.5. The molecule has 5 heteroatoms. The quantitative estimate of drug-likeness (QED) is 0.484. The minimum Gasteiger partial charge on any atom is -0.344 e. The maximum absolute atomic E-state index is 12.7. The first-order valence-electron chi connectivity index (χ1n) is 8.67. The summed E-state index contributed by atoms with van der Waals surface area (Å²) in [5.41, 5.74) is 2.96. The lowest BCUT2D eigenvalue weighted by atomic mass is 10.1. The molecule has 2 aromatic heterocycles. The van der Waals surface area contributed by atoms with E-state index >= 15 is 0 Å². The van der Waals surface area contributed by atoms with Crippen molar-refractivity contribution in [3.63, 3.8) is 0 Å². The summed E-state index contributed by atoms with van der Waals surface area (Å²) in [6.45, 7) is 0. The molecule has 0 saturated heterocycles. The second-order valence-corrected chi connectivity index (χ2v) is 7.95.